The van der Waals surface area contributed by atoms with Crippen molar-refractivity contribution in [3.8, 4) is 11.5 Å². The van der Waals surface area contributed by atoms with Crippen LogP contribution in [0.2, 0.25) is 0 Å². The summed E-state index contributed by atoms with van der Waals surface area (Å²) in [5, 5.41) is 3.02. The van der Waals surface area contributed by atoms with Gasteiger partial charge in [0, 0.05) is 25.3 Å². The van der Waals surface area contributed by atoms with E-state index >= 15 is 0 Å². The minimum Gasteiger partial charge on any atom is -0.493 e. The Morgan fingerprint density at radius 2 is 1.89 bits per heavy atom. The third kappa shape index (κ3) is 4.90. The average Bonchev–Trinajstić information content (AvgIpc) is 3.16. The van der Waals surface area contributed by atoms with Gasteiger partial charge in [-0.3, -0.25) is 4.79 Å². The summed E-state index contributed by atoms with van der Waals surface area (Å²) >= 11 is 0. The van der Waals surface area contributed by atoms with E-state index < -0.39 is 0 Å². The number of anilines is 1. The van der Waals surface area contributed by atoms with E-state index in [1.54, 1.807) is 32.4 Å². The molecule has 1 aliphatic heterocycles. The SMILES string of the molecule is COc1ccc(CC(=O)NCC2CCN(c3ccc(F)cc3)C2)cc1OC. The van der Waals surface area contributed by atoms with Gasteiger partial charge in [0.05, 0.1) is 20.6 Å². The van der Waals surface area contributed by atoms with Gasteiger partial charge in [0.1, 0.15) is 5.82 Å². The maximum atomic E-state index is 13.0. The van der Waals surface area contributed by atoms with Gasteiger partial charge in [0.15, 0.2) is 11.5 Å². The molecule has 0 spiro atoms. The lowest BCUT2D eigenvalue weighted by molar-refractivity contribution is -0.120. The minimum absolute atomic E-state index is 0.0116. The molecule has 144 valence electrons. The van der Waals surface area contributed by atoms with Crippen molar-refractivity contribution >= 4 is 11.6 Å². The summed E-state index contributed by atoms with van der Waals surface area (Å²) in [7, 11) is 3.16. The zero-order valence-corrected chi connectivity index (χ0v) is 15.7. The standard InChI is InChI=1S/C21H25FN2O3/c1-26-19-8-3-15(11-20(19)27-2)12-21(25)23-13-16-9-10-24(14-16)18-6-4-17(22)5-7-18/h3-8,11,16H,9-10,12-14H2,1-2H3,(H,23,25). The van der Waals surface area contributed by atoms with Crippen molar-refractivity contribution in [3.05, 3.63) is 53.8 Å². The molecule has 1 atom stereocenters. The van der Waals surface area contributed by atoms with Crippen LogP contribution in [0.5, 0.6) is 11.5 Å². The number of carbonyl (C=O) groups excluding carboxylic acids is 1. The summed E-state index contributed by atoms with van der Waals surface area (Å²) < 4.78 is 23.5. The lowest BCUT2D eigenvalue weighted by Gasteiger charge is -2.19. The summed E-state index contributed by atoms with van der Waals surface area (Å²) in [6.07, 6.45) is 1.31. The number of rotatable bonds is 7. The topological polar surface area (TPSA) is 50.8 Å². The first-order valence-electron chi connectivity index (χ1n) is 9.07. The second-order valence-corrected chi connectivity index (χ2v) is 6.75. The maximum Gasteiger partial charge on any atom is 0.224 e. The van der Waals surface area contributed by atoms with Crippen LogP contribution in [0.15, 0.2) is 42.5 Å². The summed E-state index contributed by atoms with van der Waals surface area (Å²) in [6, 6.07) is 12.1. The lowest BCUT2D eigenvalue weighted by Crippen LogP contribution is -2.32. The fourth-order valence-corrected chi connectivity index (χ4v) is 3.38. The number of hydrogen-bond acceptors (Lipinski definition) is 4. The van der Waals surface area contributed by atoms with Crippen molar-refractivity contribution in [2.45, 2.75) is 12.8 Å². The van der Waals surface area contributed by atoms with E-state index in [1.807, 2.05) is 12.1 Å². The van der Waals surface area contributed by atoms with E-state index in [-0.39, 0.29) is 11.7 Å². The maximum absolute atomic E-state index is 13.0. The highest BCUT2D eigenvalue weighted by Gasteiger charge is 2.23. The van der Waals surface area contributed by atoms with Crippen LogP contribution in [0.1, 0.15) is 12.0 Å². The molecule has 0 aromatic heterocycles. The van der Waals surface area contributed by atoms with Gasteiger partial charge in [-0.25, -0.2) is 4.39 Å². The molecule has 27 heavy (non-hydrogen) atoms. The van der Waals surface area contributed by atoms with E-state index in [0.717, 1.165) is 30.8 Å². The number of amides is 1. The van der Waals surface area contributed by atoms with Crippen LogP contribution in [-0.4, -0.2) is 39.8 Å². The van der Waals surface area contributed by atoms with Crippen LogP contribution in [-0.2, 0) is 11.2 Å². The zero-order valence-electron chi connectivity index (χ0n) is 15.7. The molecule has 3 rings (SSSR count). The Morgan fingerprint density at radius 3 is 2.59 bits per heavy atom. The van der Waals surface area contributed by atoms with E-state index in [9.17, 15) is 9.18 Å². The highest BCUT2D eigenvalue weighted by Crippen LogP contribution is 2.28. The fourth-order valence-electron chi connectivity index (χ4n) is 3.38. The molecule has 1 N–H and O–H groups in total. The number of nitrogens with zero attached hydrogens (tertiary/aromatic N) is 1. The minimum atomic E-state index is -0.225. The van der Waals surface area contributed by atoms with Gasteiger partial charge in [-0.15, -0.1) is 0 Å². The van der Waals surface area contributed by atoms with Gasteiger partial charge in [-0.05, 0) is 54.3 Å². The largest absolute Gasteiger partial charge is 0.493 e. The molecule has 2 aromatic carbocycles. The summed E-state index contributed by atoms with van der Waals surface area (Å²) in [4.78, 5) is 14.5. The van der Waals surface area contributed by atoms with E-state index in [0.29, 0.717) is 30.4 Å². The van der Waals surface area contributed by atoms with Gasteiger partial charge < -0.3 is 19.7 Å². The Kier molecular flexibility index (Phi) is 6.16. The lowest BCUT2D eigenvalue weighted by atomic mass is 10.1. The van der Waals surface area contributed by atoms with Crippen LogP contribution < -0.4 is 19.7 Å². The number of benzene rings is 2. The summed E-state index contributed by atoms with van der Waals surface area (Å²) in [6.45, 7) is 2.42. The molecule has 1 unspecified atom stereocenters. The molecule has 1 saturated heterocycles. The number of halogens is 1. The number of nitrogens with one attached hydrogen (secondary N) is 1. The molecular weight excluding hydrogens is 347 g/mol. The molecule has 1 heterocycles. The third-order valence-corrected chi connectivity index (χ3v) is 4.88. The average molecular weight is 372 g/mol. The first kappa shape index (κ1) is 19.0. The van der Waals surface area contributed by atoms with Gasteiger partial charge in [0.25, 0.3) is 0 Å². The second kappa shape index (κ2) is 8.75. The number of methoxy groups -OCH3 is 2. The fraction of sp³-hybridized carbons (Fsp3) is 0.381. The Labute approximate surface area is 159 Å². The van der Waals surface area contributed by atoms with Crippen molar-refractivity contribution < 1.29 is 18.7 Å². The molecular formula is C21H25FN2O3. The molecule has 0 bridgehead atoms. The van der Waals surface area contributed by atoms with E-state index in [4.69, 9.17) is 9.47 Å². The number of ether oxygens (including phenoxy) is 2. The van der Waals surface area contributed by atoms with E-state index in [1.165, 1.54) is 12.1 Å². The molecule has 5 nitrogen and oxygen atoms in total. The van der Waals surface area contributed by atoms with Crippen molar-refractivity contribution in [1.29, 1.82) is 0 Å². The monoisotopic (exact) mass is 372 g/mol. The molecule has 1 fully saturated rings. The van der Waals surface area contributed by atoms with Gasteiger partial charge in [-0.1, -0.05) is 6.07 Å². The smallest absolute Gasteiger partial charge is 0.224 e. The Bertz CT molecular complexity index is 779. The molecule has 1 aliphatic rings. The third-order valence-electron chi connectivity index (χ3n) is 4.88. The summed E-state index contributed by atoms with van der Waals surface area (Å²) in [5.74, 6) is 1.42. The Balaban J connectivity index is 1.48. The first-order chi connectivity index (χ1) is 13.1. The van der Waals surface area contributed by atoms with Gasteiger partial charge in [0.2, 0.25) is 5.91 Å². The molecule has 6 heteroatoms. The molecule has 0 saturated carbocycles. The van der Waals surface area contributed by atoms with Gasteiger partial charge in [-0.2, -0.15) is 0 Å². The normalized spacial score (nSPS) is 16.3. The van der Waals surface area contributed by atoms with Crippen LogP contribution in [0, 0.1) is 11.7 Å². The van der Waals surface area contributed by atoms with Crippen LogP contribution in [0.4, 0.5) is 10.1 Å². The molecule has 0 aliphatic carbocycles. The summed E-state index contributed by atoms with van der Waals surface area (Å²) in [5.41, 5.74) is 1.90. The number of hydrogen-bond donors (Lipinski definition) is 1. The van der Waals surface area contributed by atoms with Gasteiger partial charge >= 0.3 is 0 Å². The van der Waals surface area contributed by atoms with Crippen LogP contribution >= 0.6 is 0 Å². The van der Waals surface area contributed by atoms with Crippen molar-refractivity contribution in [1.82, 2.24) is 5.32 Å². The molecule has 0 radical (unpaired) electrons. The zero-order chi connectivity index (χ0) is 19.2. The quantitative estimate of drug-likeness (QED) is 0.812. The van der Waals surface area contributed by atoms with Crippen molar-refractivity contribution in [2.24, 2.45) is 5.92 Å². The number of carbonyl (C=O) groups is 1. The van der Waals surface area contributed by atoms with Crippen LogP contribution in [0.25, 0.3) is 0 Å². The Hall–Kier alpha value is -2.76. The Morgan fingerprint density at radius 1 is 1.15 bits per heavy atom. The van der Waals surface area contributed by atoms with Crippen LogP contribution in [0.3, 0.4) is 0 Å². The predicted octanol–water partition coefficient (Wildman–Crippen LogP) is 3.03. The molecule has 1 amide bonds. The highest BCUT2D eigenvalue weighted by molar-refractivity contribution is 5.78. The molecule has 2 aromatic rings. The van der Waals surface area contributed by atoms with Crippen molar-refractivity contribution in [2.75, 3.05) is 38.8 Å². The second-order valence-electron chi connectivity index (χ2n) is 6.75. The first-order valence-corrected chi connectivity index (χ1v) is 9.07. The van der Waals surface area contributed by atoms with E-state index in [2.05, 4.69) is 10.2 Å². The highest BCUT2D eigenvalue weighted by atomic mass is 19.1. The van der Waals surface area contributed by atoms with Crippen molar-refractivity contribution in [3.63, 3.8) is 0 Å². The predicted molar refractivity (Wildman–Crippen MR) is 103 cm³/mol.